The summed E-state index contributed by atoms with van der Waals surface area (Å²) in [5.74, 6) is 0.838. The maximum atomic E-state index is 12.8. The van der Waals surface area contributed by atoms with Crippen molar-refractivity contribution in [2.75, 3.05) is 11.9 Å². The molecule has 0 aliphatic heterocycles. The molecule has 0 radical (unpaired) electrons. The van der Waals surface area contributed by atoms with Crippen LogP contribution in [0.5, 0.6) is 0 Å². The lowest BCUT2D eigenvalue weighted by atomic mass is 10.1. The highest BCUT2D eigenvalue weighted by Gasteiger charge is 2.32. The summed E-state index contributed by atoms with van der Waals surface area (Å²) in [7, 11) is 1.81. The van der Waals surface area contributed by atoms with Crippen molar-refractivity contribution in [2.24, 2.45) is 5.92 Å². The minimum Gasteiger partial charge on any atom is -0.354 e. The number of fused-ring (bicyclic) bond motifs is 1. The molecule has 3 aromatic rings. The number of hydrogen-bond acceptors (Lipinski definition) is 3. The molecule has 4 rings (SSSR count). The number of anilines is 1. The molecule has 1 heterocycles. The molecule has 0 bridgehead atoms. The highest BCUT2D eigenvalue weighted by atomic mass is 16.2. The highest BCUT2D eigenvalue weighted by Crippen LogP contribution is 2.29. The van der Waals surface area contributed by atoms with E-state index in [9.17, 15) is 9.59 Å². The van der Waals surface area contributed by atoms with Crippen molar-refractivity contribution >= 4 is 28.5 Å². The number of nitrogens with one attached hydrogen (secondary N) is 2. The number of hydrogen-bond donors (Lipinski definition) is 2. The zero-order chi connectivity index (χ0) is 19.7. The topological polar surface area (TPSA) is 78.1 Å². The quantitative estimate of drug-likeness (QED) is 0.732. The summed E-state index contributed by atoms with van der Waals surface area (Å²) in [6.45, 7) is 1.52. The molecule has 1 aliphatic carbocycles. The predicted molar refractivity (Wildman–Crippen MR) is 110 cm³/mol. The van der Waals surface area contributed by atoms with Crippen molar-refractivity contribution in [1.82, 2.24) is 15.3 Å². The van der Waals surface area contributed by atoms with Gasteiger partial charge in [-0.3, -0.25) is 9.59 Å². The van der Waals surface area contributed by atoms with E-state index >= 15 is 0 Å². The molecule has 28 heavy (non-hydrogen) atoms. The third-order valence-corrected chi connectivity index (χ3v) is 5.44. The van der Waals surface area contributed by atoms with Gasteiger partial charge in [0.05, 0.1) is 11.0 Å². The Kier molecular flexibility index (Phi) is 4.86. The van der Waals surface area contributed by atoms with E-state index in [0.717, 1.165) is 41.0 Å². The van der Waals surface area contributed by atoms with Crippen LogP contribution in [-0.4, -0.2) is 34.9 Å². The van der Waals surface area contributed by atoms with E-state index in [1.807, 2.05) is 55.6 Å². The van der Waals surface area contributed by atoms with Crippen LogP contribution in [0.25, 0.3) is 22.4 Å². The summed E-state index contributed by atoms with van der Waals surface area (Å²) >= 11 is 0. The van der Waals surface area contributed by atoms with E-state index in [1.165, 1.54) is 6.92 Å². The first-order valence-electron chi connectivity index (χ1n) is 9.61. The molecule has 2 aromatic carbocycles. The largest absolute Gasteiger partial charge is 0.354 e. The highest BCUT2D eigenvalue weighted by molar-refractivity contribution is 5.95. The summed E-state index contributed by atoms with van der Waals surface area (Å²) in [5.41, 5.74) is 3.77. The first kappa shape index (κ1) is 18.2. The Hall–Kier alpha value is -3.15. The minimum absolute atomic E-state index is 0.0346. The molecule has 6 nitrogen and oxygen atoms in total. The van der Waals surface area contributed by atoms with Crippen molar-refractivity contribution < 1.29 is 9.59 Å². The van der Waals surface area contributed by atoms with Crippen LogP contribution < -0.4 is 10.2 Å². The zero-order valence-corrected chi connectivity index (χ0v) is 16.1. The molecule has 1 aliphatic rings. The van der Waals surface area contributed by atoms with Gasteiger partial charge in [0, 0.05) is 37.2 Å². The SMILES string of the molecule is CC(=O)N[C@H]1CC[C@@H](C(=O)N(C)c2ccc(-c3nc4ccccc4[nH]3)cc2)C1. The van der Waals surface area contributed by atoms with Gasteiger partial charge in [-0.15, -0.1) is 0 Å². The van der Waals surface area contributed by atoms with Crippen molar-refractivity contribution in [2.45, 2.75) is 32.2 Å². The van der Waals surface area contributed by atoms with E-state index in [0.29, 0.717) is 6.42 Å². The summed E-state index contributed by atoms with van der Waals surface area (Å²) in [5, 5.41) is 2.92. The third kappa shape index (κ3) is 3.63. The van der Waals surface area contributed by atoms with Crippen molar-refractivity contribution in [3.63, 3.8) is 0 Å². The normalized spacial score (nSPS) is 18.9. The first-order valence-corrected chi connectivity index (χ1v) is 9.61. The average molecular weight is 376 g/mol. The number of aromatic amines is 1. The van der Waals surface area contributed by atoms with Gasteiger partial charge in [0.2, 0.25) is 11.8 Å². The summed E-state index contributed by atoms with van der Waals surface area (Å²) < 4.78 is 0. The average Bonchev–Trinajstić information content (AvgIpc) is 3.33. The van der Waals surface area contributed by atoms with Crippen LogP contribution in [0.3, 0.4) is 0 Å². The fourth-order valence-electron chi connectivity index (χ4n) is 3.96. The fourth-order valence-corrected chi connectivity index (χ4v) is 3.96. The van der Waals surface area contributed by atoms with E-state index in [2.05, 4.69) is 15.3 Å². The lowest BCUT2D eigenvalue weighted by Gasteiger charge is -2.21. The predicted octanol–water partition coefficient (Wildman–Crippen LogP) is 3.50. The van der Waals surface area contributed by atoms with Crippen LogP contribution in [0.15, 0.2) is 48.5 Å². The van der Waals surface area contributed by atoms with Gasteiger partial charge in [-0.05, 0) is 55.7 Å². The Morgan fingerprint density at radius 2 is 1.86 bits per heavy atom. The molecule has 6 heteroatoms. The molecule has 2 atom stereocenters. The van der Waals surface area contributed by atoms with Crippen LogP contribution in [0, 0.1) is 5.92 Å². The number of aromatic nitrogens is 2. The fraction of sp³-hybridized carbons (Fsp3) is 0.318. The van der Waals surface area contributed by atoms with E-state index in [4.69, 9.17) is 0 Å². The summed E-state index contributed by atoms with van der Waals surface area (Å²) in [6.07, 6.45) is 2.37. The number of carbonyl (C=O) groups is 2. The monoisotopic (exact) mass is 376 g/mol. The van der Waals surface area contributed by atoms with Crippen LogP contribution in [0.4, 0.5) is 5.69 Å². The third-order valence-electron chi connectivity index (χ3n) is 5.44. The molecule has 1 saturated carbocycles. The summed E-state index contributed by atoms with van der Waals surface area (Å²) in [6, 6.07) is 15.9. The van der Waals surface area contributed by atoms with Crippen LogP contribution in [0.1, 0.15) is 26.2 Å². The molecule has 0 saturated heterocycles. The van der Waals surface area contributed by atoms with E-state index in [1.54, 1.807) is 4.90 Å². The number of benzene rings is 2. The second-order valence-electron chi connectivity index (χ2n) is 7.45. The molecular weight excluding hydrogens is 352 g/mol. The Labute approximate surface area is 164 Å². The van der Waals surface area contributed by atoms with Crippen molar-refractivity contribution in [3.05, 3.63) is 48.5 Å². The lowest BCUT2D eigenvalue weighted by molar-refractivity contribution is -0.122. The van der Waals surface area contributed by atoms with Gasteiger partial charge in [0.15, 0.2) is 0 Å². The zero-order valence-electron chi connectivity index (χ0n) is 16.1. The van der Waals surface area contributed by atoms with E-state index < -0.39 is 0 Å². The standard InChI is InChI=1S/C22H24N4O2/c1-14(27)23-17-10-7-16(13-17)22(28)26(2)18-11-8-15(9-12-18)21-24-19-5-3-4-6-20(19)25-21/h3-6,8-9,11-12,16-17H,7,10,13H2,1-2H3,(H,23,27)(H,24,25)/t16-,17+/m1/s1. The van der Waals surface area contributed by atoms with Crippen LogP contribution in [0.2, 0.25) is 0 Å². The van der Waals surface area contributed by atoms with Crippen molar-refractivity contribution in [3.8, 4) is 11.4 Å². The maximum absolute atomic E-state index is 12.8. The molecule has 1 aromatic heterocycles. The first-order chi connectivity index (χ1) is 13.5. The molecule has 0 spiro atoms. The molecule has 144 valence electrons. The van der Waals surface area contributed by atoms with Gasteiger partial charge >= 0.3 is 0 Å². The second-order valence-corrected chi connectivity index (χ2v) is 7.45. The molecule has 2 amide bonds. The van der Waals surface area contributed by atoms with Gasteiger partial charge < -0.3 is 15.2 Å². The molecular formula is C22H24N4O2. The van der Waals surface area contributed by atoms with Gasteiger partial charge in [0.1, 0.15) is 5.82 Å². The number of H-pyrrole nitrogens is 1. The smallest absolute Gasteiger partial charge is 0.229 e. The van der Waals surface area contributed by atoms with Crippen LogP contribution in [-0.2, 0) is 9.59 Å². The number of rotatable bonds is 4. The van der Waals surface area contributed by atoms with Crippen LogP contribution >= 0.6 is 0 Å². The number of imidazole rings is 1. The minimum atomic E-state index is -0.0445. The Morgan fingerprint density at radius 3 is 2.57 bits per heavy atom. The molecule has 1 fully saturated rings. The number of carbonyl (C=O) groups excluding carboxylic acids is 2. The van der Waals surface area contributed by atoms with E-state index in [-0.39, 0.29) is 23.8 Å². The molecule has 0 unspecified atom stereocenters. The van der Waals surface area contributed by atoms with Gasteiger partial charge in [-0.2, -0.15) is 0 Å². The maximum Gasteiger partial charge on any atom is 0.229 e. The number of para-hydroxylation sites is 2. The Morgan fingerprint density at radius 1 is 1.11 bits per heavy atom. The number of amides is 2. The van der Waals surface area contributed by atoms with Gasteiger partial charge in [0.25, 0.3) is 0 Å². The summed E-state index contributed by atoms with van der Waals surface area (Å²) in [4.78, 5) is 33.7. The van der Waals surface area contributed by atoms with Gasteiger partial charge in [-0.1, -0.05) is 12.1 Å². The number of nitrogens with zero attached hydrogens (tertiary/aromatic N) is 2. The Balaban J connectivity index is 1.46. The second kappa shape index (κ2) is 7.46. The van der Waals surface area contributed by atoms with Gasteiger partial charge in [-0.25, -0.2) is 4.98 Å². The molecule has 2 N–H and O–H groups in total. The lowest BCUT2D eigenvalue weighted by Crippen LogP contribution is -2.34. The van der Waals surface area contributed by atoms with Crippen molar-refractivity contribution in [1.29, 1.82) is 0 Å². The Bertz CT molecular complexity index is 976.